The Balaban J connectivity index is 3.28. The lowest BCUT2D eigenvalue weighted by Gasteiger charge is -2.01. The van der Waals surface area contributed by atoms with E-state index in [9.17, 15) is 8.78 Å². The average Bonchev–Trinajstić information content (AvgIpc) is 1.83. The van der Waals surface area contributed by atoms with Crippen molar-refractivity contribution < 1.29 is 8.78 Å². The Kier molecular flexibility index (Phi) is 3.66. The summed E-state index contributed by atoms with van der Waals surface area (Å²) >= 11 is 0. The van der Waals surface area contributed by atoms with Gasteiger partial charge in [0.25, 0.3) is 6.43 Å². The van der Waals surface area contributed by atoms with Crippen LogP contribution < -0.4 is 11.1 Å². The van der Waals surface area contributed by atoms with Crippen molar-refractivity contribution in [3.05, 3.63) is 0 Å². The highest BCUT2D eigenvalue weighted by molar-refractivity contribution is 5.77. The van der Waals surface area contributed by atoms with Crippen LogP contribution in [0.4, 0.5) is 8.78 Å². The Morgan fingerprint density at radius 1 is 1.78 bits per heavy atom. The molecular formula is C4H9F2N3. The van der Waals surface area contributed by atoms with Crippen LogP contribution in [0.1, 0.15) is 0 Å². The molecule has 3 N–H and O–H groups in total. The third-order valence-corrected chi connectivity index (χ3v) is 0.678. The van der Waals surface area contributed by atoms with E-state index < -0.39 is 13.0 Å². The van der Waals surface area contributed by atoms with Gasteiger partial charge in [-0.1, -0.05) is 0 Å². The van der Waals surface area contributed by atoms with Gasteiger partial charge in [0.05, 0.1) is 6.54 Å². The Labute approximate surface area is 52.0 Å². The number of aliphatic imine (C=N–C) groups is 1. The van der Waals surface area contributed by atoms with Crippen LogP contribution in [-0.2, 0) is 0 Å². The second-order valence-electron chi connectivity index (χ2n) is 1.38. The third-order valence-electron chi connectivity index (χ3n) is 0.678. The van der Waals surface area contributed by atoms with E-state index >= 15 is 0 Å². The Hall–Kier alpha value is -0.870. The zero-order chi connectivity index (χ0) is 7.28. The molecule has 0 saturated carbocycles. The predicted octanol–water partition coefficient (Wildman–Crippen LogP) is -0.214. The molecule has 0 radical (unpaired) electrons. The van der Waals surface area contributed by atoms with Gasteiger partial charge < -0.3 is 11.1 Å². The van der Waals surface area contributed by atoms with Crippen LogP contribution in [0, 0.1) is 0 Å². The highest BCUT2D eigenvalue weighted by Crippen LogP contribution is 1.86. The van der Waals surface area contributed by atoms with Crippen molar-refractivity contribution in [1.29, 1.82) is 0 Å². The maximum absolute atomic E-state index is 11.4. The van der Waals surface area contributed by atoms with Crippen LogP contribution >= 0.6 is 0 Å². The second kappa shape index (κ2) is 4.05. The molecule has 3 nitrogen and oxygen atoms in total. The van der Waals surface area contributed by atoms with Gasteiger partial charge in [0, 0.05) is 7.05 Å². The molecule has 54 valence electrons. The molecular weight excluding hydrogens is 128 g/mol. The largest absolute Gasteiger partial charge is 0.370 e. The van der Waals surface area contributed by atoms with E-state index in [4.69, 9.17) is 5.73 Å². The molecule has 0 saturated heterocycles. The molecule has 0 rings (SSSR count). The maximum Gasteiger partial charge on any atom is 0.255 e. The second-order valence-corrected chi connectivity index (χ2v) is 1.38. The van der Waals surface area contributed by atoms with Gasteiger partial charge in [0.15, 0.2) is 5.96 Å². The van der Waals surface area contributed by atoms with Crippen LogP contribution in [-0.4, -0.2) is 26.0 Å². The third kappa shape index (κ3) is 4.99. The fourth-order valence-electron chi connectivity index (χ4n) is 0.261. The van der Waals surface area contributed by atoms with Crippen LogP contribution in [0.15, 0.2) is 4.99 Å². The summed E-state index contributed by atoms with van der Waals surface area (Å²) in [6, 6.07) is 0. The van der Waals surface area contributed by atoms with Crippen LogP contribution in [0.25, 0.3) is 0 Å². The van der Waals surface area contributed by atoms with Gasteiger partial charge in [-0.15, -0.1) is 0 Å². The summed E-state index contributed by atoms with van der Waals surface area (Å²) in [7, 11) is 1.42. The summed E-state index contributed by atoms with van der Waals surface area (Å²) in [5.41, 5.74) is 5.03. The number of nitrogens with one attached hydrogen (secondary N) is 1. The van der Waals surface area contributed by atoms with E-state index in [1.165, 1.54) is 7.05 Å². The number of nitrogens with two attached hydrogens (primary N) is 1. The summed E-state index contributed by atoms with van der Waals surface area (Å²) in [6.07, 6.45) is -2.38. The molecule has 0 spiro atoms. The minimum atomic E-state index is -2.38. The van der Waals surface area contributed by atoms with Gasteiger partial charge in [-0.05, 0) is 0 Å². The summed E-state index contributed by atoms with van der Waals surface area (Å²) in [5, 5.41) is 2.21. The molecule has 0 fully saturated rings. The molecule has 0 aromatic rings. The number of rotatable bonds is 2. The SMILES string of the molecule is CN=C(N)NCC(F)F. The fourth-order valence-corrected chi connectivity index (χ4v) is 0.261. The van der Waals surface area contributed by atoms with E-state index in [0.29, 0.717) is 0 Å². The van der Waals surface area contributed by atoms with Gasteiger partial charge in [-0.3, -0.25) is 4.99 Å². The molecule has 0 atom stereocenters. The predicted molar refractivity (Wildman–Crippen MR) is 31.6 cm³/mol. The van der Waals surface area contributed by atoms with E-state index in [1.54, 1.807) is 0 Å². The molecule has 0 aliphatic heterocycles. The van der Waals surface area contributed by atoms with Crippen LogP contribution in [0.3, 0.4) is 0 Å². The van der Waals surface area contributed by atoms with Gasteiger partial charge in [-0.25, -0.2) is 8.78 Å². The Morgan fingerprint density at radius 3 is 2.67 bits per heavy atom. The molecule has 0 aliphatic rings. The molecule has 0 heterocycles. The molecule has 0 amide bonds. The van der Waals surface area contributed by atoms with Gasteiger partial charge in [0.2, 0.25) is 0 Å². The summed E-state index contributed by atoms with van der Waals surface area (Å²) in [4.78, 5) is 3.41. The number of hydrogen-bond donors (Lipinski definition) is 2. The van der Waals surface area contributed by atoms with Crippen molar-refractivity contribution in [2.24, 2.45) is 10.7 Å². The topological polar surface area (TPSA) is 50.4 Å². The van der Waals surface area contributed by atoms with E-state index in [-0.39, 0.29) is 5.96 Å². The number of halogens is 2. The summed E-state index contributed by atoms with van der Waals surface area (Å²) < 4.78 is 22.7. The smallest absolute Gasteiger partial charge is 0.255 e. The zero-order valence-electron chi connectivity index (χ0n) is 5.06. The Morgan fingerprint density at radius 2 is 2.33 bits per heavy atom. The van der Waals surface area contributed by atoms with Gasteiger partial charge >= 0.3 is 0 Å². The summed E-state index contributed by atoms with van der Waals surface area (Å²) in [5.74, 6) is 0.0373. The van der Waals surface area contributed by atoms with Crippen LogP contribution in [0.2, 0.25) is 0 Å². The van der Waals surface area contributed by atoms with Crippen molar-refractivity contribution >= 4 is 5.96 Å². The zero-order valence-corrected chi connectivity index (χ0v) is 5.06. The number of alkyl halides is 2. The van der Waals surface area contributed by atoms with Gasteiger partial charge in [-0.2, -0.15) is 0 Å². The number of guanidine groups is 1. The van der Waals surface area contributed by atoms with E-state index in [0.717, 1.165) is 0 Å². The van der Waals surface area contributed by atoms with Crippen molar-refractivity contribution in [2.75, 3.05) is 13.6 Å². The van der Waals surface area contributed by atoms with E-state index in [2.05, 4.69) is 10.3 Å². The minimum Gasteiger partial charge on any atom is -0.370 e. The highest BCUT2D eigenvalue weighted by atomic mass is 19.3. The maximum atomic E-state index is 11.4. The molecule has 0 aromatic heterocycles. The molecule has 0 aromatic carbocycles. The molecule has 0 aliphatic carbocycles. The first-order chi connectivity index (χ1) is 4.16. The first-order valence-electron chi connectivity index (χ1n) is 2.41. The quantitative estimate of drug-likeness (QED) is 0.408. The minimum absolute atomic E-state index is 0.0373. The van der Waals surface area contributed by atoms with Crippen molar-refractivity contribution in [3.8, 4) is 0 Å². The van der Waals surface area contributed by atoms with E-state index in [1.807, 2.05) is 0 Å². The molecule has 9 heavy (non-hydrogen) atoms. The number of hydrogen-bond acceptors (Lipinski definition) is 1. The normalized spacial score (nSPS) is 12.2. The average molecular weight is 137 g/mol. The lowest BCUT2D eigenvalue weighted by molar-refractivity contribution is 0.152. The lowest BCUT2D eigenvalue weighted by Crippen LogP contribution is -2.34. The first kappa shape index (κ1) is 8.13. The fraction of sp³-hybridized carbons (Fsp3) is 0.750. The first-order valence-corrected chi connectivity index (χ1v) is 2.41. The van der Waals surface area contributed by atoms with Crippen LogP contribution in [0.5, 0.6) is 0 Å². The van der Waals surface area contributed by atoms with Gasteiger partial charge in [0.1, 0.15) is 0 Å². The molecule has 5 heteroatoms. The summed E-state index contributed by atoms with van der Waals surface area (Å²) in [6.45, 7) is -0.441. The molecule has 0 unspecified atom stereocenters. The highest BCUT2D eigenvalue weighted by Gasteiger charge is 1.99. The monoisotopic (exact) mass is 137 g/mol. The molecule has 0 bridgehead atoms. The van der Waals surface area contributed by atoms with Crippen molar-refractivity contribution in [1.82, 2.24) is 5.32 Å². The van der Waals surface area contributed by atoms with Crippen molar-refractivity contribution in [3.63, 3.8) is 0 Å². The standard InChI is InChI=1S/C4H9F2N3/c1-8-4(7)9-2-3(5)6/h3H,2H2,1H3,(H3,7,8,9). The number of nitrogens with zero attached hydrogens (tertiary/aromatic N) is 1. The lowest BCUT2D eigenvalue weighted by atomic mass is 10.7. The Bertz CT molecular complexity index is 102. The van der Waals surface area contributed by atoms with Crippen molar-refractivity contribution in [2.45, 2.75) is 6.43 Å².